The first-order valence-electron chi connectivity index (χ1n) is 6.30. The molecule has 1 fully saturated rings. The van der Waals surface area contributed by atoms with Gasteiger partial charge in [0.1, 0.15) is 11.3 Å². The van der Waals surface area contributed by atoms with Gasteiger partial charge in [0.25, 0.3) is 0 Å². The number of hydrogen-bond acceptors (Lipinski definition) is 2. The lowest BCUT2D eigenvalue weighted by atomic mass is 10.0. The smallest absolute Gasteiger partial charge is 0.202 e. The molecule has 96 valence electrons. The first-order valence-corrected chi connectivity index (χ1v) is 6.30. The maximum atomic E-state index is 14.0. The molecule has 1 saturated carbocycles. The zero-order valence-corrected chi connectivity index (χ0v) is 10.9. The van der Waals surface area contributed by atoms with E-state index in [-0.39, 0.29) is 0 Å². The lowest BCUT2D eigenvalue weighted by molar-refractivity contribution is 0.189. The minimum absolute atomic E-state index is 0.409. The molecule has 1 heterocycles. The Morgan fingerprint density at radius 3 is 2.67 bits per heavy atom. The van der Waals surface area contributed by atoms with Gasteiger partial charge in [-0.3, -0.25) is 0 Å². The number of hydrogen-bond donors (Lipinski definition) is 0. The summed E-state index contributed by atoms with van der Waals surface area (Å²) in [5.74, 6) is -0.131. The first-order chi connectivity index (χ1) is 8.53. The highest BCUT2D eigenvalue weighted by Crippen LogP contribution is 2.45. The van der Waals surface area contributed by atoms with E-state index in [1.807, 2.05) is 6.07 Å². The molecule has 4 heteroatoms. The lowest BCUT2D eigenvalue weighted by Gasteiger charge is -2.08. The molecule has 0 saturated heterocycles. The number of aromatic nitrogens is 2. The van der Waals surface area contributed by atoms with Gasteiger partial charge in [-0.05, 0) is 23.6 Å². The molecule has 0 N–H and O–H groups in total. The van der Waals surface area contributed by atoms with Gasteiger partial charge in [-0.2, -0.15) is 5.10 Å². The van der Waals surface area contributed by atoms with Crippen LogP contribution in [0.4, 0.5) is 4.39 Å². The van der Waals surface area contributed by atoms with Gasteiger partial charge in [0, 0.05) is 24.4 Å². The molecule has 3 nitrogen and oxygen atoms in total. The Labute approximate surface area is 106 Å². The van der Waals surface area contributed by atoms with E-state index in [9.17, 15) is 4.39 Å². The molecule has 0 radical (unpaired) electrons. The van der Waals surface area contributed by atoms with Crippen LogP contribution in [0.5, 0.6) is 5.75 Å². The minimum atomic E-state index is -1.26. The second-order valence-corrected chi connectivity index (χ2v) is 5.31. The molecule has 1 aliphatic rings. The molecule has 0 aliphatic heterocycles. The zero-order valence-electron chi connectivity index (χ0n) is 10.9. The Morgan fingerprint density at radius 2 is 2.11 bits per heavy atom. The largest absolute Gasteiger partial charge is 0.494 e. The predicted molar refractivity (Wildman–Crippen MR) is 68.7 cm³/mol. The van der Waals surface area contributed by atoms with Gasteiger partial charge < -0.3 is 4.74 Å². The van der Waals surface area contributed by atoms with Crippen molar-refractivity contribution in [3.63, 3.8) is 0 Å². The molecule has 1 aromatic carbocycles. The number of nitrogens with zero attached hydrogens (tertiary/aromatic N) is 2. The summed E-state index contributed by atoms with van der Waals surface area (Å²) < 4.78 is 20.8. The van der Waals surface area contributed by atoms with E-state index in [1.165, 1.54) is 10.2 Å². The Hall–Kier alpha value is -1.58. The van der Waals surface area contributed by atoms with Crippen LogP contribution in [0.3, 0.4) is 0 Å². The molecule has 3 rings (SSSR count). The summed E-state index contributed by atoms with van der Waals surface area (Å²) in [6.07, 6.45) is 2.90. The highest BCUT2D eigenvalue weighted by molar-refractivity contribution is 5.85. The summed E-state index contributed by atoms with van der Waals surface area (Å²) in [4.78, 5) is 0. The first kappa shape index (κ1) is 11.5. The fourth-order valence-electron chi connectivity index (χ4n) is 2.15. The third kappa shape index (κ3) is 1.67. The Morgan fingerprint density at radius 1 is 1.39 bits per heavy atom. The van der Waals surface area contributed by atoms with Crippen molar-refractivity contribution in [1.29, 1.82) is 0 Å². The van der Waals surface area contributed by atoms with Gasteiger partial charge in [0.2, 0.25) is 5.79 Å². The molecular formula is C14H17FN2O. The number of alkyl halides is 1. The second-order valence-electron chi connectivity index (χ2n) is 5.31. The van der Waals surface area contributed by atoms with Crippen LogP contribution < -0.4 is 4.74 Å². The van der Waals surface area contributed by atoms with Crippen LogP contribution in [0, 0.1) is 0 Å². The summed E-state index contributed by atoms with van der Waals surface area (Å²) in [5, 5.41) is 5.28. The third-order valence-electron chi connectivity index (χ3n) is 3.56. The van der Waals surface area contributed by atoms with Crippen molar-refractivity contribution in [3.05, 3.63) is 23.9 Å². The third-order valence-corrected chi connectivity index (χ3v) is 3.56. The van der Waals surface area contributed by atoms with Gasteiger partial charge in [-0.25, -0.2) is 9.07 Å². The van der Waals surface area contributed by atoms with E-state index in [1.54, 1.807) is 13.3 Å². The van der Waals surface area contributed by atoms with Crippen LogP contribution in [0.25, 0.3) is 10.9 Å². The van der Waals surface area contributed by atoms with Crippen LogP contribution in [0.15, 0.2) is 18.3 Å². The quantitative estimate of drug-likeness (QED) is 0.830. The highest BCUT2D eigenvalue weighted by atomic mass is 19.1. The normalized spacial score (nSPS) is 17.4. The van der Waals surface area contributed by atoms with E-state index in [4.69, 9.17) is 4.74 Å². The molecule has 18 heavy (non-hydrogen) atoms. The summed E-state index contributed by atoms with van der Waals surface area (Å²) in [7, 11) is 1.63. The number of ether oxygens (including phenoxy) is 1. The molecular weight excluding hydrogens is 231 g/mol. The van der Waals surface area contributed by atoms with E-state index < -0.39 is 5.79 Å². The van der Waals surface area contributed by atoms with E-state index in [2.05, 4.69) is 25.0 Å². The van der Waals surface area contributed by atoms with Crippen LogP contribution in [-0.2, 0) is 5.79 Å². The zero-order chi connectivity index (χ0) is 12.9. The van der Waals surface area contributed by atoms with Crippen molar-refractivity contribution in [2.75, 3.05) is 7.11 Å². The van der Waals surface area contributed by atoms with Crippen molar-refractivity contribution in [3.8, 4) is 5.75 Å². The average molecular weight is 248 g/mol. The van der Waals surface area contributed by atoms with E-state index >= 15 is 0 Å². The fourth-order valence-corrected chi connectivity index (χ4v) is 2.15. The standard InChI is InChI=1S/C14H17FN2O/c1-9(2)10-6-11-8-17(14(15)4-5-14)16-13(11)12(7-10)18-3/h6-9H,4-5H2,1-3H3. The molecule has 0 atom stereocenters. The maximum absolute atomic E-state index is 14.0. The molecule has 2 aromatic rings. The van der Waals surface area contributed by atoms with Gasteiger partial charge >= 0.3 is 0 Å². The van der Waals surface area contributed by atoms with Crippen molar-refractivity contribution >= 4 is 10.9 Å². The van der Waals surface area contributed by atoms with Crippen molar-refractivity contribution in [2.45, 2.75) is 38.4 Å². The van der Waals surface area contributed by atoms with Crippen molar-refractivity contribution < 1.29 is 9.13 Å². The maximum Gasteiger partial charge on any atom is 0.202 e. The molecule has 0 spiro atoms. The molecule has 0 amide bonds. The Balaban J connectivity index is 2.19. The summed E-state index contributed by atoms with van der Waals surface area (Å²) in [6.45, 7) is 4.26. The highest BCUT2D eigenvalue weighted by Gasteiger charge is 2.46. The van der Waals surface area contributed by atoms with E-state index in [0.29, 0.717) is 18.8 Å². The van der Waals surface area contributed by atoms with Gasteiger partial charge in [-0.15, -0.1) is 0 Å². The van der Waals surface area contributed by atoms with Crippen LogP contribution in [0.1, 0.15) is 38.2 Å². The lowest BCUT2D eigenvalue weighted by Crippen LogP contribution is -2.10. The number of benzene rings is 1. The average Bonchev–Trinajstić information content (AvgIpc) is 2.93. The molecule has 0 unspecified atom stereocenters. The number of halogens is 1. The fraction of sp³-hybridized carbons (Fsp3) is 0.500. The Kier molecular flexibility index (Phi) is 2.37. The minimum Gasteiger partial charge on any atom is -0.494 e. The van der Waals surface area contributed by atoms with E-state index in [0.717, 1.165) is 16.7 Å². The topological polar surface area (TPSA) is 27.1 Å². The summed E-state index contributed by atoms with van der Waals surface area (Å²) in [6, 6.07) is 4.06. The van der Waals surface area contributed by atoms with Crippen molar-refractivity contribution in [2.24, 2.45) is 0 Å². The molecule has 0 bridgehead atoms. The van der Waals surface area contributed by atoms with Gasteiger partial charge in [0.05, 0.1) is 7.11 Å². The number of rotatable bonds is 3. The van der Waals surface area contributed by atoms with Gasteiger partial charge in [-0.1, -0.05) is 13.8 Å². The molecule has 1 aromatic heterocycles. The van der Waals surface area contributed by atoms with Crippen LogP contribution in [0.2, 0.25) is 0 Å². The van der Waals surface area contributed by atoms with Crippen molar-refractivity contribution in [1.82, 2.24) is 9.78 Å². The summed E-state index contributed by atoms with van der Waals surface area (Å²) >= 11 is 0. The van der Waals surface area contributed by atoms with Crippen LogP contribution >= 0.6 is 0 Å². The molecule has 1 aliphatic carbocycles. The summed E-state index contributed by atoms with van der Waals surface area (Å²) in [5.41, 5.74) is 1.92. The monoisotopic (exact) mass is 248 g/mol. The predicted octanol–water partition coefficient (Wildman–Crippen LogP) is 3.58. The van der Waals surface area contributed by atoms with Crippen LogP contribution in [-0.4, -0.2) is 16.9 Å². The number of methoxy groups -OCH3 is 1. The Bertz CT molecular complexity index is 599. The second kappa shape index (κ2) is 3.70. The number of fused-ring (bicyclic) bond motifs is 1. The van der Waals surface area contributed by atoms with Gasteiger partial charge in [0.15, 0.2) is 0 Å². The SMILES string of the molecule is COc1cc(C(C)C)cc2cn(C3(F)CC3)nc12.